The third kappa shape index (κ3) is 3.98. The van der Waals surface area contributed by atoms with Gasteiger partial charge in [0.25, 0.3) is 0 Å². The minimum absolute atomic E-state index is 0.0749. The van der Waals surface area contributed by atoms with Crippen molar-refractivity contribution in [2.45, 2.75) is 32.7 Å². The topological polar surface area (TPSA) is 50.7 Å². The van der Waals surface area contributed by atoms with Crippen LogP contribution in [0, 0.1) is 11.3 Å². The van der Waals surface area contributed by atoms with Gasteiger partial charge in [-0.3, -0.25) is 9.79 Å². The molecule has 0 spiro atoms. The van der Waals surface area contributed by atoms with Crippen molar-refractivity contribution < 1.29 is 9.53 Å². The lowest BCUT2D eigenvalue weighted by Gasteiger charge is -2.37. The lowest BCUT2D eigenvalue weighted by atomic mass is 9.68. The Hall–Kier alpha value is -3.40. The average Bonchev–Trinajstić information content (AvgIpc) is 2.90. The maximum Gasteiger partial charge on any atom is 0.144 e. The van der Waals surface area contributed by atoms with E-state index in [1.165, 1.54) is 0 Å². The third-order valence-electron chi connectivity index (χ3n) is 6.03. The van der Waals surface area contributed by atoms with Crippen LogP contribution in [0.25, 0.3) is 0 Å². The molecule has 0 aromatic heterocycles. The Bertz CT molecular complexity index is 1150. The Morgan fingerprint density at radius 2 is 1.65 bits per heavy atom. The summed E-state index contributed by atoms with van der Waals surface area (Å²) in [5.41, 5.74) is 3.77. The number of ketones is 1. The summed E-state index contributed by atoms with van der Waals surface area (Å²) in [6.45, 7) is 4.30. The normalized spacial score (nSPS) is 21.7. The van der Waals surface area contributed by atoms with E-state index in [1.807, 2.05) is 72.8 Å². The maximum atomic E-state index is 13.4. The number of anilines is 1. The molecule has 2 atom stereocenters. The molecule has 0 saturated heterocycles. The fraction of sp³-hybridized carbons (Fsp3) is 0.259. The number of aliphatic imine (C=N–C) groups is 1. The van der Waals surface area contributed by atoms with Crippen LogP contribution in [-0.2, 0) is 4.79 Å². The Morgan fingerprint density at radius 1 is 0.903 bits per heavy atom. The number of nitrogens with zero attached hydrogens (tertiary/aromatic N) is 1. The zero-order chi connectivity index (χ0) is 21.4. The molecule has 31 heavy (non-hydrogen) atoms. The number of fused-ring (bicyclic) bond motifs is 2. The van der Waals surface area contributed by atoms with E-state index in [0.717, 1.165) is 40.6 Å². The first kappa shape index (κ1) is 19.6. The van der Waals surface area contributed by atoms with Gasteiger partial charge in [-0.05, 0) is 53.8 Å². The molecule has 3 aromatic rings. The Morgan fingerprint density at radius 3 is 2.48 bits per heavy atom. The van der Waals surface area contributed by atoms with Crippen molar-refractivity contribution in [1.82, 2.24) is 0 Å². The summed E-state index contributed by atoms with van der Waals surface area (Å²) in [7, 11) is 0. The third-order valence-corrected chi connectivity index (χ3v) is 6.03. The number of Topliss-reactive ketones (excluding diaryl/α,β-unsaturated/α-hetero) is 1. The molecule has 4 heteroatoms. The van der Waals surface area contributed by atoms with E-state index in [9.17, 15) is 4.79 Å². The molecule has 0 bridgehead atoms. The summed E-state index contributed by atoms with van der Waals surface area (Å²) in [6, 6.07) is 25.6. The average molecular weight is 411 g/mol. The van der Waals surface area contributed by atoms with Gasteiger partial charge in [-0.25, -0.2) is 0 Å². The quantitative estimate of drug-likeness (QED) is 0.521. The van der Waals surface area contributed by atoms with Gasteiger partial charge in [0, 0.05) is 12.1 Å². The number of hydrogen-bond acceptors (Lipinski definition) is 4. The Balaban J connectivity index is 1.56. The molecule has 1 N–H and O–H groups in total. The highest BCUT2D eigenvalue weighted by Gasteiger charge is 2.44. The molecule has 1 aliphatic heterocycles. The van der Waals surface area contributed by atoms with Crippen LogP contribution in [0.5, 0.6) is 11.5 Å². The van der Waals surface area contributed by atoms with E-state index < -0.39 is 0 Å². The first-order chi connectivity index (χ1) is 15.0. The molecule has 1 heterocycles. The first-order valence-corrected chi connectivity index (χ1v) is 10.8. The highest BCUT2D eigenvalue weighted by molar-refractivity contribution is 6.10. The van der Waals surface area contributed by atoms with Gasteiger partial charge in [-0.1, -0.05) is 56.3 Å². The summed E-state index contributed by atoms with van der Waals surface area (Å²) >= 11 is 0. The van der Waals surface area contributed by atoms with Gasteiger partial charge in [0.05, 0.1) is 23.3 Å². The maximum absolute atomic E-state index is 13.4. The predicted octanol–water partition coefficient (Wildman–Crippen LogP) is 6.72. The summed E-state index contributed by atoms with van der Waals surface area (Å²) in [5.74, 6) is 1.50. The van der Waals surface area contributed by atoms with E-state index in [0.29, 0.717) is 6.42 Å². The van der Waals surface area contributed by atoms with Gasteiger partial charge in [-0.15, -0.1) is 0 Å². The minimum atomic E-state index is -0.285. The highest BCUT2D eigenvalue weighted by Crippen LogP contribution is 2.45. The lowest BCUT2D eigenvalue weighted by Crippen LogP contribution is -2.42. The summed E-state index contributed by atoms with van der Waals surface area (Å²) < 4.78 is 6.06. The van der Waals surface area contributed by atoms with Gasteiger partial charge >= 0.3 is 0 Å². The Kier molecular flexibility index (Phi) is 4.85. The summed E-state index contributed by atoms with van der Waals surface area (Å²) in [6.07, 6.45) is 1.38. The minimum Gasteiger partial charge on any atom is -0.457 e. The summed E-state index contributed by atoms with van der Waals surface area (Å²) in [5, 5.41) is 3.63. The lowest BCUT2D eigenvalue weighted by molar-refractivity contribution is -0.124. The largest absolute Gasteiger partial charge is 0.457 e. The predicted molar refractivity (Wildman–Crippen MR) is 124 cm³/mol. The van der Waals surface area contributed by atoms with Crippen LogP contribution in [0.15, 0.2) is 83.9 Å². The number of nitrogens with one attached hydrogen (secondary N) is 1. The second-order valence-electron chi connectivity index (χ2n) is 9.19. The van der Waals surface area contributed by atoms with Crippen molar-refractivity contribution in [3.05, 3.63) is 84.4 Å². The Labute approximate surface area is 183 Å². The van der Waals surface area contributed by atoms with Crippen molar-refractivity contribution in [3.8, 4) is 11.5 Å². The SMILES string of the molecule is CC1(C)CC(=O)C2C(=Nc3ccccc3NC2c2cccc(Oc3ccccc3)c2)C1. The molecule has 0 amide bonds. The second kappa shape index (κ2) is 7.69. The van der Waals surface area contributed by atoms with E-state index in [4.69, 9.17) is 9.73 Å². The second-order valence-corrected chi connectivity index (χ2v) is 9.19. The van der Waals surface area contributed by atoms with E-state index in [-0.39, 0.29) is 23.2 Å². The molecule has 1 aliphatic carbocycles. The zero-order valence-corrected chi connectivity index (χ0v) is 17.8. The first-order valence-electron chi connectivity index (χ1n) is 10.8. The van der Waals surface area contributed by atoms with Crippen molar-refractivity contribution >= 4 is 22.9 Å². The van der Waals surface area contributed by atoms with E-state index in [2.05, 4.69) is 25.2 Å². The number of carbonyl (C=O) groups excluding carboxylic acids is 1. The van der Waals surface area contributed by atoms with Crippen molar-refractivity contribution in [1.29, 1.82) is 0 Å². The van der Waals surface area contributed by atoms with Crippen LogP contribution < -0.4 is 10.1 Å². The highest BCUT2D eigenvalue weighted by atomic mass is 16.5. The van der Waals surface area contributed by atoms with Crippen LogP contribution in [-0.4, -0.2) is 11.5 Å². The molecular weight excluding hydrogens is 384 g/mol. The molecular formula is C27H26N2O2. The molecule has 2 aliphatic rings. The van der Waals surface area contributed by atoms with Crippen LogP contribution in [0.1, 0.15) is 38.3 Å². The molecule has 2 unspecified atom stereocenters. The van der Waals surface area contributed by atoms with Gasteiger partial charge < -0.3 is 10.1 Å². The molecule has 0 radical (unpaired) electrons. The zero-order valence-electron chi connectivity index (χ0n) is 17.8. The monoisotopic (exact) mass is 410 g/mol. The standard InChI is InChI=1S/C27H26N2O2/c1-27(2)16-23-25(24(30)17-27)26(29-22-14-7-6-13-21(22)28-23)18-9-8-12-20(15-18)31-19-10-4-3-5-11-19/h3-15,25-26,29H,16-17H2,1-2H3. The van der Waals surface area contributed by atoms with Crippen molar-refractivity contribution in [2.75, 3.05) is 5.32 Å². The molecule has 3 aromatic carbocycles. The van der Waals surface area contributed by atoms with Crippen LogP contribution >= 0.6 is 0 Å². The van der Waals surface area contributed by atoms with E-state index in [1.54, 1.807) is 0 Å². The molecule has 1 fully saturated rings. The fourth-order valence-electron chi connectivity index (χ4n) is 4.69. The van der Waals surface area contributed by atoms with Crippen LogP contribution in [0.2, 0.25) is 0 Å². The number of para-hydroxylation sites is 3. The summed E-state index contributed by atoms with van der Waals surface area (Å²) in [4.78, 5) is 18.3. The fourth-order valence-corrected chi connectivity index (χ4v) is 4.69. The number of hydrogen-bond donors (Lipinski definition) is 1. The van der Waals surface area contributed by atoms with Gasteiger partial charge in [-0.2, -0.15) is 0 Å². The van der Waals surface area contributed by atoms with E-state index >= 15 is 0 Å². The molecule has 1 saturated carbocycles. The van der Waals surface area contributed by atoms with Gasteiger partial charge in [0.2, 0.25) is 0 Å². The molecule has 5 rings (SSSR count). The van der Waals surface area contributed by atoms with Gasteiger partial charge in [0.1, 0.15) is 17.3 Å². The number of ether oxygens (including phenoxy) is 1. The molecule has 156 valence electrons. The number of benzene rings is 3. The van der Waals surface area contributed by atoms with Crippen molar-refractivity contribution in [2.24, 2.45) is 16.3 Å². The number of carbonyl (C=O) groups is 1. The molecule has 4 nitrogen and oxygen atoms in total. The smallest absolute Gasteiger partial charge is 0.144 e. The van der Waals surface area contributed by atoms with Gasteiger partial charge in [0.15, 0.2) is 0 Å². The van der Waals surface area contributed by atoms with Crippen LogP contribution in [0.4, 0.5) is 11.4 Å². The van der Waals surface area contributed by atoms with Crippen LogP contribution in [0.3, 0.4) is 0 Å². The number of rotatable bonds is 3. The van der Waals surface area contributed by atoms with Crippen molar-refractivity contribution in [3.63, 3.8) is 0 Å².